The summed E-state index contributed by atoms with van der Waals surface area (Å²) in [5, 5.41) is 13.5. The zero-order valence-corrected chi connectivity index (χ0v) is 19.0. The SMILES string of the molecule is CN1CCCC1CCNC1C(F)CC2C(=O)C(C(=O)O)=CN3C4CCCCC4SC1C23. The zero-order chi connectivity index (χ0) is 21.7. The molecule has 5 aliphatic rings. The summed E-state index contributed by atoms with van der Waals surface area (Å²) in [7, 11) is 2.17. The van der Waals surface area contributed by atoms with Crippen LogP contribution >= 0.6 is 11.8 Å². The van der Waals surface area contributed by atoms with E-state index in [9.17, 15) is 14.7 Å². The maximum absolute atomic E-state index is 15.5. The molecule has 2 N–H and O–H groups in total. The van der Waals surface area contributed by atoms with Gasteiger partial charge in [0, 0.05) is 34.7 Å². The third-order valence-electron chi connectivity index (χ3n) is 8.34. The largest absolute Gasteiger partial charge is 0.478 e. The lowest BCUT2D eigenvalue weighted by Crippen LogP contribution is -2.69. The molecule has 5 rings (SSSR count). The fraction of sp³-hybridized carbons (Fsp3) is 0.826. The van der Waals surface area contributed by atoms with Crippen molar-refractivity contribution in [3.63, 3.8) is 0 Å². The lowest BCUT2D eigenvalue weighted by molar-refractivity contribution is -0.138. The smallest absolute Gasteiger partial charge is 0.340 e. The lowest BCUT2D eigenvalue weighted by atomic mass is 9.72. The lowest BCUT2D eigenvalue weighted by Gasteiger charge is -2.59. The highest BCUT2D eigenvalue weighted by atomic mass is 32.2. The van der Waals surface area contributed by atoms with Gasteiger partial charge >= 0.3 is 5.97 Å². The number of carboxylic acids is 1. The minimum atomic E-state index is -1.18. The molecular formula is C23H34FN3O3S. The van der Waals surface area contributed by atoms with Crippen molar-refractivity contribution in [1.29, 1.82) is 0 Å². The predicted octanol–water partition coefficient (Wildman–Crippen LogP) is 2.44. The predicted molar refractivity (Wildman–Crippen MR) is 119 cm³/mol. The molecular weight excluding hydrogens is 417 g/mol. The highest BCUT2D eigenvalue weighted by Crippen LogP contribution is 2.51. The Balaban J connectivity index is 1.39. The Morgan fingerprint density at radius 2 is 2.10 bits per heavy atom. The van der Waals surface area contributed by atoms with Crippen LogP contribution in [0.3, 0.4) is 0 Å². The first-order valence-corrected chi connectivity index (χ1v) is 12.9. The second-order valence-corrected chi connectivity index (χ2v) is 11.5. The van der Waals surface area contributed by atoms with E-state index >= 15 is 4.39 Å². The fourth-order valence-corrected chi connectivity index (χ4v) is 8.83. The van der Waals surface area contributed by atoms with E-state index in [0.29, 0.717) is 11.3 Å². The van der Waals surface area contributed by atoms with Gasteiger partial charge in [-0.2, -0.15) is 0 Å². The Kier molecular flexibility index (Phi) is 6.07. The summed E-state index contributed by atoms with van der Waals surface area (Å²) in [6, 6.07) is 0.445. The molecule has 2 saturated carbocycles. The number of ketones is 1. The van der Waals surface area contributed by atoms with Crippen LogP contribution in [-0.4, -0.2) is 87.6 Å². The van der Waals surface area contributed by atoms with Crippen LogP contribution in [0, 0.1) is 5.92 Å². The van der Waals surface area contributed by atoms with Gasteiger partial charge in [-0.15, -0.1) is 11.8 Å². The first-order valence-electron chi connectivity index (χ1n) is 12.0. The summed E-state index contributed by atoms with van der Waals surface area (Å²) in [4.78, 5) is 29.3. The molecule has 0 aromatic carbocycles. The average Bonchev–Trinajstić information content (AvgIpc) is 3.16. The molecule has 0 bridgehead atoms. The molecule has 8 heteroatoms. The van der Waals surface area contributed by atoms with Crippen molar-refractivity contribution in [2.75, 3.05) is 20.1 Å². The molecule has 31 heavy (non-hydrogen) atoms. The summed E-state index contributed by atoms with van der Waals surface area (Å²) in [5.41, 5.74) is -0.154. The van der Waals surface area contributed by atoms with E-state index < -0.39 is 18.1 Å². The van der Waals surface area contributed by atoms with Gasteiger partial charge < -0.3 is 20.2 Å². The molecule has 0 aromatic rings. The standard InChI is InChI=1S/C23H34FN3O3S/c1-26-10-4-5-13(26)8-9-25-19-16(24)11-14-20-22(19)31-18-7-3-2-6-17(18)27(20)12-15(21(14)28)23(29)30/h12-14,16-20,22,25H,2-11H2,1H3,(H,29,30). The summed E-state index contributed by atoms with van der Waals surface area (Å²) < 4.78 is 15.5. The minimum absolute atomic E-state index is 0.0232. The number of nitrogens with one attached hydrogen (secondary N) is 1. The maximum atomic E-state index is 15.5. The first-order chi connectivity index (χ1) is 15.0. The summed E-state index contributed by atoms with van der Waals surface area (Å²) in [5.74, 6) is -2.10. The number of carbonyl (C=O) groups excluding carboxylic acids is 1. The molecule has 8 atom stereocenters. The third kappa shape index (κ3) is 3.82. The Hall–Kier alpha value is -1.12. The van der Waals surface area contributed by atoms with Gasteiger partial charge in [0.2, 0.25) is 0 Å². The molecule has 172 valence electrons. The number of hydrogen-bond donors (Lipinski definition) is 2. The van der Waals surface area contributed by atoms with E-state index in [4.69, 9.17) is 0 Å². The van der Waals surface area contributed by atoms with E-state index in [2.05, 4.69) is 22.2 Å². The van der Waals surface area contributed by atoms with Gasteiger partial charge in [-0.3, -0.25) is 4.79 Å². The second-order valence-electron chi connectivity index (χ2n) is 10.0. The molecule has 0 spiro atoms. The van der Waals surface area contributed by atoms with Crippen LogP contribution in [0.15, 0.2) is 11.8 Å². The number of hydrogen-bond acceptors (Lipinski definition) is 6. The van der Waals surface area contributed by atoms with Gasteiger partial charge in [-0.25, -0.2) is 9.18 Å². The van der Waals surface area contributed by atoms with Crippen LogP contribution in [-0.2, 0) is 9.59 Å². The van der Waals surface area contributed by atoms with Gasteiger partial charge in [-0.1, -0.05) is 12.8 Å². The number of halogens is 1. The van der Waals surface area contributed by atoms with Crippen LogP contribution in [0.1, 0.15) is 51.4 Å². The van der Waals surface area contributed by atoms with Crippen LogP contribution in [0.2, 0.25) is 0 Å². The van der Waals surface area contributed by atoms with Gasteiger partial charge in [0.25, 0.3) is 0 Å². The Bertz CT molecular complexity index is 764. The van der Waals surface area contributed by atoms with E-state index in [1.165, 1.54) is 19.3 Å². The molecule has 0 aromatic heterocycles. The first kappa shape index (κ1) is 21.7. The molecule has 2 saturated heterocycles. The minimum Gasteiger partial charge on any atom is -0.478 e. The third-order valence-corrected chi connectivity index (χ3v) is 10.1. The monoisotopic (exact) mass is 451 g/mol. The Labute approximate surface area is 188 Å². The van der Waals surface area contributed by atoms with Crippen LogP contribution in [0.4, 0.5) is 4.39 Å². The number of carbonyl (C=O) groups is 2. The maximum Gasteiger partial charge on any atom is 0.340 e. The molecule has 0 amide bonds. The quantitative estimate of drug-likeness (QED) is 0.622. The molecule has 3 heterocycles. The van der Waals surface area contributed by atoms with Crippen molar-refractivity contribution in [2.45, 2.75) is 92.2 Å². The van der Waals surface area contributed by atoms with E-state index in [0.717, 1.165) is 38.8 Å². The highest BCUT2D eigenvalue weighted by molar-refractivity contribution is 8.00. The summed E-state index contributed by atoms with van der Waals surface area (Å²) in [6.45, 7) is 1.92. The van der Waals surface area contributed by atoms with Crippen molar-refractivity contribution in [3.8, 4) is 0 Å². The van der Waals surface area contributed by atoms with Gasteiger partial charge in [0.05, 0.1) is 12.1 Å². The number of nitrogens with zero attached hydrogens (tertiary/aromatic N) is 2. The number of alkyl halides is 1. The number of rotatable bonds is 5. The van der Waals surface area contributed by atoms with E-state index in [1.807, 2.05) is 11.8 Å². The summed E-state index contributed by atoms with van der Waals surface area (Å²) >= 11 is 1.88. The van der Waals surface area contributed by atoms with Crippen molar-refractivity contribution in [3.05, 3.63) is 11.8 Å². The topological polar surface area (TPSA) is 72.9 Å². The second kappa shape index (κ2) is 8.67. The van der Waals surface area contributed by atoms with Crippen LogP contribution < -0.4 is 5.32 Å². The van der Waals surface area contributed by atoms with E-state index in [-0.39, 0.29) is 41.2 Å². The number of aliphatic carboxylic acids is 1. The number of carboxylic acid groups (broad SMARTS) is 1. The molecule has 8 unspecified atom stereocenters. The number of Topliss-reactive ketones (excluding diaryl/α,β-unsaturated/α-hetero) is 1. The van der Waals surface area contributed by atoms with Crippen molar-refractivity contribution >= 4 is 23.5 Å². The van der Waals surface area contributed by atoms with Crippen LogP contribution in [0.5, 0.6) is 0 Å². The van der Waals surface area contributed by atoms with E-state index in [1.54, 1.807) is 6.20 Å². The van der Waals surface area contributed by atoms with Gasteiger partial charge in [-0.05, 0) is 58.7 Å². The molecule has 3 aliphatic heterocycles. The Morgan fingerprint density at radius 1 is 1.29 bits per heavy atom. The summed E-state index contributed by atoms with van der Waals surface area (Å²) in [6.07, 6.45) is 8.48. The number of likely N-dealkylation sites (tertiary alicyclic amines) is 1. The van der Waals surface area contributed by atoms with Crippen molar-refractivity contribution in [1.82, 2.24) is 15.1 Å². The van der Waals surface area contributed by atoms with Crippen molar-refractivity contribution in [2.24, 2.45) is 5.92 Å². The number of fused-ring (bicyclic) bond motifs is 2. The van der Waals surface area contributed by atoms with Gasteiger partial charge in [0.1, 0.15) is 11.7 Å². The zero-order valence-electron chi connectivity index (χ0n) is 18.2. The van der Waals surface area contributed by atoms with Gasteiger partial charge in [0.15, 0.2) is 5.78 Å². The normalized spacial score (nSPS) is 42.7. The highest BCUT2D eigenvalue weighted by Gasteiger charge is 2.57. The Morgan fingerprint density at radius 3 is 2.84 bits per heavy atom. The number of thioether (sulfide) groups is 1. The molecule has 6 nitrogen and oxygen atoms in total. The molecule has 2 aliphatic carbocycles. The molecule has 0 radical (unpaired) electrons. The van der Waals surface area contributed by atoms with Crippen LogP contribution in [0.25, 0.3) is 0 Å². The molecule has 4 fully saturated rings. The average molecular weight is 452 g/mol. The fourth-order valence-electron chi connectivity index (χ4n) is 6.74. The van der Waals surface area contributed by atoms with Crippen molar-refractivity contribution < 1.29 is 19.1 Å².